The Labute approximate surface area is 107 Å². The average Bonchev–Trinajstić information content (AvgIpc) is 2.22. The molecule has 0 aliphatic rings. The highest BCUT2D eigenvalue weighted by Gasteiger charge is 2.21. The lowest BCUT2D eigenvalue weighted by Crippen LogP contribution is -2.29. The van der Waals surface area contributed by atoms with E-state index in [-0.39, 0.29) is 5.75 Å². The molecule has 0 spiro atoms. The van der Waals surface area contributed by atoms with E-state index < -0.39 is 18.1 Å². The number of aliphatic imine (C=N–C) groups is 1. The first-order chi connectivity index (χ1) is 7.91. The lowest BCUT2D eigenvalue weighted by molar-refractivity contribution is -0.140. The number of aliphatic hydroxyl groups is 1. The van der Waals surface area contributed by atoms with Crippen LogP contribution in [0.5, 0.6) is 5.75 Å². The number of rotatable bonds is 4. The van der Waals surface area contributed by atoms with Crippen LogP contribution in [0.4, 0.5) is 0 Å². The average molecular weight is 302 g/mol. The van der Waals surface area contributed by atoms with Gasteiger partial charge in [0.25, 0.3) is 0 Å². The van der Waals surface area contributed by atoms with Crippen LogP contribution in [-0.2, 0) is 4.79 Å². The normalized spacial score (nSPS) is 14.8. The van der Waals surface area contributed by atoms with E-state index in [0.717, 1.165) is 4.47 Å². The summed E-state index contributed by atoms with van der Waals surface area (Å²) in [7, 11) is 0. The van der Waals surface area contributed by atoms with Crippen LogP contribution in [0.3, 0.4) is 0 Å². The molecule has 0 saturated carbocycles. The van der Waals surface area contributed by atoms with Gasteiger partial charge < -0.3 is 15.3 Å². The highest BCUT2D eigenvalue weighted by atomic mass is 79.9. The minimum absolute atomic E-state index is 0.00770. The van der Waals surface area contributed by atoms with Crippen molar-refractivity contribution in [2.75, 3.05) is 0 Å². The minimum Gasteiger partial charge on any atom is -0.507 e. The summed E-state index contributed by atoms with van der Waals surface area (Å²) in [5.41, 5.74) is 0.381. The highest BCUT2D eigenvalue weighted by Crippen LogP contribution is 2.20. The molecular weight excluding hydrogens is 290 g/mol. The van der Waals surface area contributed by atoms with Gasteiger partial charge >= 0.3 is 5.97 Å². The summed E-state index contributed by atoms with van der Waals surface area (Å²) in [6.07, 6.45) is 0.129. The van der Waals surface area contributed by atoms with Crippen LogP contribution in [0, 0.1) is 0 Å². The molecule has 0 fully saturated rings. The summed E-state index contributed by atoms with van der Waals surface area (Å²) in [5, 5.41) is 27.5. The summed E-state index contributed by atoms with van der Waals surface area (Å²) < 4.78 is 0.737. The topological polar surface area (TPSA) is 90.1 Å². The fraction of sp³-hybridized carbons (Fsp3) is 0.273. The first-order valence-electron chi connectivity index (χ1n) is 4.84. The Morgan fingerprint density at radius 1 is 1.53 bits per heavy atom. The maximum absolute atomic E-state index is 10.8. The van der Waals surface area contributed by atoms with Gasteiger partial charge in [-0.05, 0) is 25.1 Å². The molecule has 0 aliphatic carbocycles. The molecule has 0 aromatic heterocycles. The number of benzene rings is 1. The summed E-state index contributed by atoms with van der Waals surface area (Å²) in [5.74, 6) is -1.22. The Hall–Kier alpha value is -1.40. The molecule has 3 N–H and O–H groups in total. The van der Waals surface area contributed by atoms with Crippen molar-refractivity contribution in [3.63, 3.8) is 0 Å². The zero-order valence-corrected chi connectivity index (χ0v) is 10.6. The number of halogens is 1. The van der Waals surface area contributed by atoms with E-state index in [1.54, 1.807) is 12.1 Å². The van der Waals surface area contributed by atoms with Crippen LogP contribution < -0.4 is 0 Å². The van der Waals surface area contributed by atoms with Gasteiger partial charge in [0.2, 0.25) is 0 Å². The van der Waals surface area contributed by atoms with Gasteiger partial charge in [0.15, 0.2) is 6.04 Å². The molecule has 0 bridgehead atoms. The molecule has 0 amide bonds. The predicted octanol–water partition coefficient (Wildman–Crippen LogP) is 1.41. The van der Waals surface area contributed by atoms with E-state index in [2.05, 4.69) is 20.9 Å². The van der Waals surface area contributed by atoms with Crippen molar-refractivity contribution in [3.05, 3.63) is 28.2 Å². The third-order valence-corrected chi connectivity index (χ3v) is 2.57. The third-order valence-electron chi connectivity index (χ3n) is 2.07. The smallest absolute Gasteiger partial charge is 0.331 e. The standard InChI is InChI=1S/C11H12BrNO4/c1-6(14)10(11(16)17)13-5-7-4-8(12)2-3-9(7)15/h2-6,10,14-15H,1H3,(H,16,17)/t6-,10+/m1/s1. The molecule has 0 saturated heterocycles. The Kier molecular flexibility index (Phi) is 4.65. The molecule has 92 valence electrons. The van der Waals surface area contributed by atoms with Crippen LogP contribution >= 0.6 is 15.9 Å². The van der Waals surface area contributed by atoms with Crippen LogP contribution in [0.2, 0.25) is 0 Å². The first-order valence-corrected chi connectivity index (χ1v) is 5.63. The van der Waals surface area contributed by atoms with Crippen molar-refractivity contribution in [3.8, 4) is 5.75 Å². The monoisotopic (exact) mass is 301 g/mol. The fourth-order valence-electron chi connectivity index (χ4n) is 1.18. The van der Waals surface area contributed by atoms with E-state index in [4.69, 9.17) is 5.11 Å². The number of aliphatic hydroxyl groups excluding tert-OH is 1. The van der Waals surface area contributed by atoms with Gasteiger partial charge in [-0.25, -0.2) is 4.79 Å². The van der Waals surface area contributed by atoms with Crippen molar-refractivity contribution >= 4 is 28.1 Å². The van der Waals surface area contributed by atoms with E-state index in [1.165, 1.54) is 19.2 Å². The highest BCUT2D eigenvalue weighted by molar-refractivity contribution is 9.10. The zero-order valence-electron chi connectivity index (χ0n) is 9.04. The van der Waals surface area contributed by atoms with Crippen LogP contribution in [0.1, 0.15) is 12.5 Å². The van der Waals surface area contributed by atoms with Crippen LogP contribution in [-0.4, -0.2) is 39.6 Å². The van der Waals surface area contributed by atoms with Crippen molar-refractivity contribution in [1.29, 1.82) is 0 Å². The van der Waals surface area contributed by atoms with Crippen molar-refractivity contribution in [1.82, 2.24) is 0 Å². The van der Waals surface area contributed by atoms with E-state index >= 15 is 0 Å². The van der Waals surface area contributed by atoms with E-state index in [9.17, 15) is 15.0 Å². The van der Waals surface area contributed by atoms with Crippen molar-refractivity contribution in [2.24, 2.45) is 4.99 Å². The molecule has 1 rings (SSSR count). The lowest BCUT2D eigenvalue weighted by atomic mass is 10.2. The zero-order chi connectivity index (χ0) is 13.0. The van der Waals surface area contributed by atoms with E-state index in [0.29, 0.717) is 5.56 Å². The third kappa shape index (κ3) is 3.83. The summed E-state index contributed by atoms with van der Waals surface area (Å²) in [4.78, 5) is 14.5. The van der Waals surface area contributed by atoms with Crippen LogP contribution in [0.15, 0.2) is 27.7 Å². The first kappa shape index (κ1) is 13.7. The summed E-state index contributed by atoms with van der Waals surface area (Å²) >= 11 is 3.22. The Morgan fingerprint density at radius 2 is 2.18 bits per heavy atom. The lowest BCUT2D eigenvalue weighted by Gasteiger charge is -2.09. The maximum Gasteiger partial charge on any atom is 0.331 e. The quantitative estimate of drug-likeness (QED) is 0.733. The van der Waals surface area contributed by atoms with Crippen LogP contribution in [0.25, 0.3) is 0 Å². The van der Waals surface area contributed by atoms with E-state index in [1.807, 2.05) is 0 Å². The van der Waals surface area contributed by atoms with Gasteiger partial charge in [-0.1, -0.05) is 15.9 Å². The minimum atomic E-state index is -1.24. The summed E-state index contributed by atoms with van der Waals surface area (Å²) in [6, 6.07) is 3.47. The van der Waals surface area contributed by atoms with Gasteiger partial charge in [0, 0.05) is 16.3 Å². The SMILES string of the molecule is C[C@@H](O)[C@H](N=Cc1cc(Br)ccc1O)C(=O)O. The number of carbonyl (C=O) groups is 1. The van der Waals surface area contributed by atoms with Gasteiger partial charge in [0.05, 0.1) is 6.10 Å². The molecule has 0 radical (unpaired) electrons. The number of carboxylic acid groups (broad SMARTS) is 1. The predicted molar refractivity (Wildman–Crippen MR) is 66.5 cm³/mol. The number of aromatic hydroxyl groups is 1. The molecule has 0 aliphatic heterocycles. The number of phenols is 1. The molecule has 5 nitrogen and oxygen atoms in total. The van der Waals surface area contributed by atoms with Crippen molar-refractivity contribution in [2.45, 2.75) is 19.1 Å². The Bertz CT molecular complexity index is 445. The second kappa shape index (κ2) is 5.79. The molecular formula is C11H12BrNO4. The molecule has 0 heterocycles. The molecule has 0 unspecified atom stereocenters. The second-order valence-electron chi connectivity index (χ2n) is 3.50. The van der Waals surface area contributed by atoms with Gasteiger partial charge in [-0.2, -0.15) is 0 Å². The number of hydrogen-bond acceptors (Lipinski definition) is 4. The Morgan fingerprint density at radius 3 is 2.71 bits per heavy atom. The maximum atomic E-state index is 10.8. The second-order valence-corrected chi connectivity index (χ2v) is 4.42. The molecule has 1 aromatic rings. The van der Waals surface area contributed by atoms with Gasteiger partial charge in [0.1, 0.15) is 5.75 Å². The summed E-state index contributed by atoms with van der Waals surface area (Å²) in [6.45, 7) is 1.34. The Balaban J connectivity index is 2.95. The van der Waals surface area contributed by atoms with Gasteiger partial charge in [-0.15, -0.1) is 0 Å². The van der Waals surface area contributed by atoms with Gasteiger partial charge in [-0.3, -0.25) is 4.99 Å². The number of aliphatic carboxylic acids is 1. The molecule has 2 atom stereocenters. The number of nitrogens with zero attached hydrogens (tertiary/aromatic N) is 1. The number of hydrogen-bond donors (Lipinski definition) is 3. The number of phenolic OH excluding ortho intramolecular Hbond substituents is 1. The molecule has 6 heteroatoms. The number of carboxylic acids is 1. The largest absolute Gasteiger partial charge is 0.507 e. The molecule has 1 aromatic carbocycles. The molecule has 17 heavy (non-hydrogen) atoms. The fourth-order valence-corrected chi connectivity index (χ4v) is 1.56. The van der Waals surface area contributed by atoms with Crippen molar-refractivity contribution < 1.29 is 20.1 Å².